The van der Waals surface area contributed by atoms with Crippen molar-refractivity contribution in [1.29, 1.82) is 0 Å². The van der Waals surface area contributed by atoms with Gasteiger partial charge in [-0.25, -0.2) is 4.98 Å². The lowest BCUT2D eigenvalue weighted by atomic mass is 10.1. The van der Waals surface area contributed by atoms with Gasteiger partial charge in [0.2, 0.25) is 0 Å². The van der Waals surface area contributed by atoms with Crippen LogP contribution in [0.15, 0.2) is 79.5 Å². The van der Waals surface area contributed by atoms with E-state index in [0.717, 1.165) is 55.8 Å². The molecule has 7 nitrogen and oxygen atoms in total. The highest BCUT2D eigenvalue weighted by Gasteiger charge is 2.15. The number of fused-ring (bicyclic) bond motifs is 2. The SMILES string of the molecule is c1ccc(-c2ccc3[nH]nc(-c4cc5c(-c6ccncc6)cncc5[nH]4)c3n2)nc1. The van der Waals surface area contributed by atoms with Gasteiger partial charge < -0.3 is 4.98 Å². The molecule has 0 aliphatic rings. The normalized spacial score (nSPS) is 11.3. The van der Waals surface area contributed by atoms with Gasteiger partial charge in [0.15, 0.2) is 0 Å². The summed E-state index contributed by atoms with van der Waals surface area (Å²) in [4.78, 5) is 21.2. The number of hydrogen-bond acceptors (Lipinski definition) is 5. The van der Waals surface area contributed by atoms with Crippen molar-refractivity contribution in [3.8, 4) is 33.9 Å². The van der Waals surface area contributed by atoms with E-state index in [1.807, 2.05) is 54.9 Å². The third-order valence-corrected chi connectivity index (χ3v) is 5.13. The van der Waals surface area contributed by atoms with Crippen molar-refractivity contribution in [3.63, 3.8) is 0 Å². The minimum absolute atomic E-state index is 0.764. The smallest absolute Gasteiger partial charge is 0.135 e. The Morgan fingerprint density at radius 2 is 1.70 bits per heavy atom. The van der Waals surface area contributed by atoms with E-state index in [0.29, 0.717) is 0 Å². The summed E-state index contributed by atoms with van der Waals surface area (Å²) >= 11 is 0. The second-order valence-electron chi connectivity index (χ2n) is 6.95. The largest absolute Gasteiger partial charge is 0.352 e. The molecule has 0 aromatic carbocycles. The molecule has 0 unspecified atom stereocenters. The van der Waals surface area contributed by atoms with Gasteiger partial charge in [-0.2, -0.15) is 5.10 Å². The van der Waals surface area contributed by atoms with E-state index in [1.165, 1.54) is 0 Å². The Morgan fingerprint density at radius 1 is 0.767 bits per heavy atom. The van der Waals surface area contributed by atoms with Crippen LogP contribution >= 0.6 is 0 Å². The number of rotatable bonds is 3. The first-order valence-electron chi connectivity index (χ1n) is 9.51. The summed E-state index contributed by atoms with van der Waals surface area (Å²) < 4.78 is 0. The molecular formula is C23H15N7. The minimum Gasteiger partial charge on any atom is -0.352 e. The molecule has 0 spiro atoms. The Labute approximate surface area is 170 Å². The van der Waals surface area contributed by atoms with Crippen molar-refractivity contribution in [2.24, 2.45) is 0 Å². The van der Waals surface area contributed by atoms with Crippen molar-refractivity contribution >= 4 is 21.9 Å². The van der Waals surface area contributed by atoms with Crippen LogP contribution in [0.5, 0.6) is 0 Å². The first-order valence-corrected chi connectivity index (χ1v) is 9.51. The monoisotopic (exact) mass is 389 g/mol. The van der Waals surface area contributed by atoms with Crippen LogP contribution in [-0.4, -0.2) is 35.1 Å². The molecule has 6 rings (SSSR count). The molecule has 0 amide bonds. The predicted molar refractivity (Wildman–Crippen MR) is 115 cm³/mol. The fourth-order valence-electron chi connectivity index (χ4n) is 3.68. The van der Waals surface area contributed by atoms with Crippen LogP contribution < -0.4 is 0 Å². The number of nitrogens with zero attached hydrogens (tertiary/aromatic N) is 5. The van der Waals surface area contributed by atoms with Crippen molar-refractivity contribution in [2.45, 2.75) is 0 Å². The van der Waals surface area contributed by atoms with Gasteiger partial charge in [-0.15, -0.1) is 0 Å². The van der Waals surface area contributed by atoms with Crippen LogP contribution in [0.3, 0.4) is 0 Å². The maximum Gasteiger partial charge on any atom is 0.135 e. The maximum absolute atomic E-state index is 4.83. The van der Waals surface area contributed by atoms with Crippen LogP contribution in [-0.2, 0) is 0 Å². The van der Waals surface area contributed by atoms with Crippen LogP contribution in [0, 0.1) is 0 Å². The Morgan fingerprint density at radius 3 is 2.57 bits per heavy atom. The Kier molecular flexibility index (Phi) is 3.64. The summed E-state index contributed by atoms with van der Waals surface area (Å²) in [6.45, 7) is 0. The van der Waals surface area contributed by atoms with Gasteiger partial charge in [0.1, 0.15) is 11.2 Å². The van der Waals surface area contributed by atoms with Crippen molar-refractivity contribution in [1.82, 2.24) is 35.1 Å². The number of H-pyrrole nitrogens is 2. The van der Waals surface area contributed by atoms with Crippen LogP contribution in [0.2, 0.25) is 0 Å². The summed E-state index contributed by atoms with van der Waals surface area (Å²) in [7, 11) is 0. The molecule has 0 bridgehead atoms. The number of aromatic amines is 2. The standard InChI is InChI=1S/C23H15N7/c1-2-8-26-17(3-1)18-4-5-19-22(28-18)23(30-29-19)20-11-15-16(12-25-13-21(15)27-20)14-6-9-24-10-7-14/h1-13,27H,(H,29,30). The summed E-state index contributed by atoms with van der Waals surface area (Å²) in [6, 6.07) is 15.8. The molecular weight excluding hydrogens is 374 g/mol. The molecule has 0 aliphatic carbocycles. The third-order valence-electron chi connectivity index (χ3n) is 5.13. The second kappa shape index (κ2) is 6.59. The zero-order chi connectivity index (χ0) is 19.9. The topological polar surface area (TPSA) is 96.0 Å². The molecule has 0 atom stereocenters. The fraction of sp³-hybridized carbons (Fsp3) is 0. The predicted octanol–water partition coefficient (Wildman–Crippen LogP) is 4.63. The van der Waals surface area contributed by atoms with Gasteiger partial charge in [0.25, 0.3) is 0 Å². The van der Waals surface area contributed by atoms with Crippen LogP contribution in [0.25, 0.3) is 55.8 Å². The van der Waals surface area contributed by atoms with E-state index in [2.05, 4.69) is 36.2 Å². The van der Waals surface area contributed by atoms with Crippen molar-refractivity contribution < 1.29 is 0 Å². The van der Waals surface area contributed by atoms with Gasteiger partial charge in [-0.3, -0.25) is 20.1 Å². The van der Waals surface area contributed by atoms with Crippen LogP contribution in [0.1, 0.15) is 0 Å². The molecule has 6 aromatic rings. The average Bonchev–Trinajstić information content (AvgIpc) is 3.43. The highest BCUT2D eigenvalue weighted by molar-refractivity contribution is 5.99. The first kappa shape index (κ1) is 16.6. The first-order chi connectivity index (χ1) is 14.9. The van der Waals surface area contributed by atoms with Gasteiger partial charge >= 0.3 is 0 Å². The highest BCUT2D eigenvalue weighted by Crippen LogP contribution is 2.33. The second-order valence-corrected chi connectivity index (χ2v) is 6.95. The number of aromatic nitrogens is 7. The molecule has 0 saturated heterocycles. The fourth-order valence-corrected chi connectivity index (χ4v) is 3.68. The molecule has 6 aromatic heterocycles. The van der Waals surface area contributed by atoms with Crippen molar-refractivity contribution in [2.75, 3.05) is 0 Å². The molecule has 2 N–H and O–H groups in total. The zero-order valence-corrected chi connectivity index (χ0v) is 15.7. The molecule has 0 aliphatic heterocycles. The lowest BCUT2D eigenvalue weighted by Gasteiger charge is -2.01. The molecule has 7 heteroatoms. The lowest BCUT2D eigenvalue weighted by Crippen LogP contribution is -1.87. The number of hydrogen-bond donors (Lipinski definition) is 2. The van der Waals surface area contributed by atoms with E-state index in [4.69, 9.17) is 4.98 Å². The number of pyridine rings is 4. The minimum atomic E-state index is 0.764. The summed E-state index contributed by atoms with van der Waals surface area (Å²) in [5.41, 5.74) is 7.99. The molecule has 0 radical (unpaired) electrons. The Balaban J connectivity index is 1.52. The average molecular weight is 389 g/mol. The van der Waals surface area contributed by atoms with E-state index < -0.39 is 0 Å². The van der Waals surface area contributed by atoms with Gasteiger partial charge in [-0.1, -0.05) is 6.07 Å². The Bertz CT molecular complexity index is 1480. The van der Waals surface area contributed by atoms with Crippen LogP contribution in [0.4, 0.5) is 0 Å². The summed E-state index contributed by atoms with van der Waals surface area (Å²) in [5.74, 6) is 0. The lowest BCUT2D eigenvalue weighted by molar-refractivity contribution is 1.12. The van der Waals surface area contributed by atoms with E-state index in [-0.39, 0.29) is 0 Å². The highest BCUT2D eigenvalue weighted by atomic mass is 15.1. The molecule has 6 heterocycles. The maximum atomic E-state index is 4.83. The van der Waals surface area contributed by atoms with Gasteiger partial charge in [-0.05, 0) is 48.0 Å². The van der Waals surface area contributed by atoms with Gasteiger partial charge in [0.05, 0.1) is 34.3 Å². The quantitative estimate of drug-likeness (QED) is 0.460. The molecule has 30 heavy (non-hydrogen) atoms. The van der Waals surface area contributed by atoms with E-state index in [9.17, 15) is 0 Å². The molecule has 0 saturated carbocycles. The molecule has 142 valence electrons. The summed E-state index contributed by atoms with van der Waals surface area (Å²) in [5, 5.41) is 8.68. The number of nitrogens with one attached hydrogen (secondary N) is 2. The Hall–Kier alpha value is -4.39. The third kappa shape index (κ3) is 2.64. The zero-order valence-electron chi connectivity index (χ0n) is 15.7. The van der Waals surface area contributed by atoms with Crippen molar-refractivity contribution in [3.05, 3.63) is 79.5 Å². The molecule has 0 fully saturated rings. The van der Waals surface area contributed by atoms with Gasteiger partial charge in [0, 0.05) is 35.7 Å². The summed E-state index contributed by atoms with van der Waals surface area (Å²) in [6.07, 6.45) is 9.03. The van der Waals surface area contributed by atoms with E-state index >= 15 is 0 Å². The van der Waals surface area contributed by atoms with E-state index in [1.54, 1.807) is 18.6 Å².